The minimum absolute atomic E-state index is 0.173. The average molecular weight is 291 g/mol. The molecule has 0 fully saturated rings. The number of anilines is 1. The number of nitrogen functional groups attached to an aromatic ring is 1. The van der Waals surface area contributed by atoms with Crippen molar-refractivity contribution in [1.29, 1.82) is 0 Å². The van der Waals surface area contributed by atoms with Crippen LogP contribution in [0.25, 0.3) is 11.0 Å². The zero-order chi connectivity index (χ0) is 15.0. The van der Waals surface area contributed by atoms with Gasteiger partial charge in [0, 0.05) is 12.6 Å². The van der Waals surface area contributed by atoms with Gasteiger partial charge in [-0.2, -0.15) is 0 Å². The van der Waals surface area contributed by atoms with Gasteiger partial charge >= 0.3 is 0 Å². The summed E-state index contributed by atoms with van der Waals surface area (Å²) in [5.74, 6) is -1.53. The Morgan fingerprint density at radius 3 is 2.48 bits per heavy atom. The molecule has 3 nitrogen and oxygen atoms in total. The Labute approximate surface area is 118 Å². The van der Waals surface area contributed by atoms with Crippen LogP contribution in [-0.4, -0.2) is 9.55 Å². The number of para-hydroxylation sites is 1. The molecule has 21 heavy (non-hydrogen) atoms. The van der Waals surface area contributed by atoms with E-state index in [4.69, 9.17) is 5.73 Å². The minimum Gasteiger partial charge on any atom is -0.369 e. The molecule has 0 unspecified atom stereocenters. The second-order valence-electron chi connectivity index (χ2n) is 4.76. The van der Waals surface area contributed by atoms with Gasteiger partial charge in [0.05, 0.1) is 5.52 Å². The number of hydrogen-bond acceptors (Lipinski definition) is 2. The largest absolute Gasteiger partial charge is 0.369 e. The van der Waals surface area contributed by atoms with Crippen LogP contribution >= 0.6 is 0 Å². The summed E-state index contributed by atoms with van der Waals surface area (Å²) < 4.78 is 41.5. The second-order valence-corrected chi connectivity index (χ2v) is 4.76. The molecule has 6 heteroatoms. The number of hydrogen-bond donors (Lipinski definition) is 1. The highest BCUT2D eigenvalue weighted by Gasteiger charge is 2.11. The van der Waals surface area contributed by atoms with Gasteiger partial charge in [-0.1, -0.05) is 6.07 Å². The molecule has 3 aromatic rings. The van der Waals surface area contributed by atoms with Crippen LogP contribution in [0.1, 0.15) is 5.56 Å². The van der Waals surface area contributed by atoms with E-state index in [0.29, 0.717) is 24.0 Å². The topological polar surface area (TPSA) is 43.8 Å². The van der Waals surface area contributed by atoms with Gasteiger partial charge in [-0.25, -0.2) is 18.2 Å². The Balaban J connectivity index is 1.92. The van der Waals surface area contributed by atoms with E-state index in [1.165, 1.54) is 18.2 Å². The van der Waals surface area contributed by atoms with Crippen LogP contribution < -0.4 is 5.73 Å². The quantitative estimate of drug-likeness (QED) is 0.805. The Bertz CT molecular complexity index is 791. The summed E-state index contributed by atoms with van der Waals surface area (Å²) in [6, 6.07) is 7.92. The number of benzene rings is 2. The number of aryl methyl sites for hydroxylation is 2. The number of nitrogens with two attached hydrogens (primary N) is 1. The molecule has 0 amide bonds. The molecule has 3 rings (SSSR count). The first-order valence-electron chi connectivity index (χ1n) is 6.40. The first-order valence-corrected chi connectivity index (χ1v) is 6.40. The lowest BCUT2D eigenvalue weighted by atomic mass is 10.1. The number of rotatable bonds is 3. The van der Waals surface area contributed by atoms with E-state index in [0.717, 1.165) is 6.07 Å². The van der Waals surface area contributed by atoms with Crippen LogP contribution in [0.5, 0.6) is 0 Å². The predicted molar refractivity (Wildman–Crippen MR) is 74.2 cm³/mol. The standard InChI is InChI=1S/C15H12F3N3/c16-10-6-9(7-11(17)8-10)4-5-21-13-3-1-2-12(18)14(13)20-15(21)19/h1-3,6-8H,4-5H2,(H2,19,20). The third kappa shape index (κ3) is 2.56. The number of aromatic nitrogens is 2. The maximum absolute atomic E-state index is 13.6. The summed E-state index contributed by atoms with van der Waals surface area (Å²) in [5.41, 5.74) is 7.04. The summed E-state index contributed by atoms with van der Waals surface area (Å²) in [6.07, 6.45) is 0.362. The monoisotopic (exact) mass is 291 g/mol. The molecule has 0 aliphatic heterocycles. The van der Waals surface area contributed by atoms with Crippen LogP contribution in [0.2, 0.25) is 0 Å². The molecule has 0 saturated carbocycles. The fourth-order valence-electron chi connectivity index (χ4n) is 2.36. The van der Waals surface area contributed by atoms with Gasteiger partial charge in [0.2, 0.25) is 5.95 Å². The normalized spacial score (nSPS) is 11.2. The Kier molecular flexibility index (Phi) is 3.29. The van der Waals surface area contributed by atoms with Gasteiger partial charge in [-0.05, 0) is 36.2 Å². The fourth-order valence-corrected chi connectivity index (χ4v) is 2.36. The maximum atomic E-state index is 13.6. The van der Waals surface area contributed by atoms with Gasteiger partial charge in [0.25, 0.3) is 0 Å². The van der Waals surface area contributed by atoms with Gasteiger partial charge < -0.3 is 10.3 Å². The van der Waals surface area contributed by atoms with E-state index in [1.54, 1.807) is 16.7 Å². The van der Waals surface area contributed by atoms with Crippen LogP contribution in [0.15, 0.2) is 36.4 Å². The van der Waals surface area contributed by atoms with Crippen LogP contribution in [0, 0.1) is 17.5 Å². The van der Waals surface area contributed by atoms with Crippen molar-refractivity contribution in [2.75, 3.05) is 5.73 Å². The van der Waals surface area contributed by atoms with Crippen molar-refractivity contribution >= 4 is 17.0 Å². The molecule has 0 aliphatic carbocycles. The van der Waals surface area contributed by atoms with Crippen LogP contribution in [0.4, 0.5) is 19.1 Å². The molecule has 0 aliphatic rings. The molecule has 0 spiro atoms. The summed E-state index contributed by atoms with van der Waals surface area (Å²) in [5, 5.41) is 0. The molecule has 1 heterocycles. The second kappa shape index (κ2) is 5.12. The Morgan fingerprint density at radius 1 is 1.05 bits per heavy atom. The van der Waals surface area contributed by atoms with E-state index in [-0.39, 0.29) is 11.5 Å². The Hall–Kier alpha value is -2.50. The van der Waals surface area contributed by atoms with Crippen molar-refractivity contribution in [2.45, 2.75) is 13.0 Å². The number of fused-ring (bicyclic) bond motifs is 1. The molecule has 0 bridgehead atoms. The predicted octanol–water partition coefficient (Wildman–Crippen LogP) is 3.28. The molecule has 0 saturated heterocycles. The van der Waals surface area contributed by atoms with E-state index in [1.807, 2.05) is 0 Å². The van der Waals surface area contributed by atoms with E-state index < -0.39 is 17.5 Å². The lowest BCUT2D eigenvalue weighted by Gasteiger charge is -2.07. The van der Waals surface area contributed by atoms with Gasteiger partial charge in [-0.3, -0.25) is 0 Å². The van der Waals surface area contributed by atoms with E-state index in [9.17, 15) is 13.2 Å². The molecular formula is C15H12F3N3. The summed E-state index contributed by atoms with van der Waals surface area (Å²) in [7, 11) is 0. The smallest absolute Gasteiger partial charge is 0.201 e. The minimum atomic E-state index is -0.625. The van der Waals surface area contributed by atoms with Crippen LogP contribution in [0.3, 0.4) is 0 Å². The zero-order valence-electron chi connectivity index (χ0n) is 11.0. The van der Waals surface area contributed by atoms with Crippen molar-refractivity contribution in [3.8, 4) is 0 Å². The highest BCUT2D eigenvalue weighted by atomic mass is 19.1. The highest BCUT2D eigenvalue weighted by molar-refractivity contribution is 5.78. The highest BCUT2D eigenvalue weighted by Crippen LogP contribution is 2.21. The van der Waals surface area contributed by atoms with Crippen LogP contribution in [-0.2, 0) is 13.0 Å². The first-order chi connectivity index (χ1) is 10.0. The third-order valence-corrected chi connectivity index (χ3v) is 3.31. The molecule has 0 radical (unpaired) electrons. The molecule has 2 aromatic carbocycles. The van der Waals surface area contributed by atoms with Gasteiger partial charge in [0.15, 0.2) is 5.82 Å². The fraction of sp³-hybridized carbons (Fsp3) is 0.133. The lowest BCUT2D eigenvalue weighted by molar-refractivity contribution is 0.577. The molecule has 108 valence electrons. The number of imidazole rings is 1. The van der Waals surface area contributed by atoms with Gasteiger partial charge in [-0.15, -0.1) is 0 Å². The lowest BCUT2D eigenvalue weighted by Crippen LogP contribution is -2.06. The van der Waals surface area contributed by atoms with E-state index >= 15 is 0 Å². The molecule has 0 atom stereocenters. The van der Waals surface area contributed by atoms with Crippen molar-refractivity contribution in [2.24, 2.45) is 0 Å². The average Bonchev–Trinajstić information content (AvgIpc) is 2.73. The SMILES string of the molecule is Nc1nc2c(F)cccc2n1CCc1cc(F)cc(F)c1. The third-order valence-electron chi connectivity index (χ3n) is 3.31. The van der Waals surface area contributed by atoms with Crippen molar-refractivity contribution in [3.63, 3.8) is 0 Å². The van der Waals surface area contributed by atoms with E-state index in [2.05, 4.69) is 4.98 Å². The van der Waals surface area contributed by atoms with Crippen molar-refractivity contribution in [3.05, 3.63) is 59.4 Å². The molecule has 2 N–H and O–H groups in total. The number of nitrogens with zero attached hydrogens (tertiary/aromatic N) is 2. The Morgan fingerprint density at radius 2 is 1.76 bits per heavy atom. The first kappa shape index (κ1) is 13.5. The maximum Gasteiger partial charge on any atom is 0.201 e. The van der Waals surface area contributed by atoms with Gasteiger partial charge in [0.1, 0.15) is 17.2 Å². The summed E-state index contributed by atoms with van der Waals surface area (Å²) in [4.78, 5) is 3.98. The van der Waals surface area contributed by atoms with Crippen molar-refractivity contribution in [1.82, 2.24) is 9.55 Å². The summed E-state index contributed by atoms with van der Waals surface area (Å²) >= 11 is 0. The van der Waals surface area contributed by atoms with Crippen molar-refractivity contribution < 1.29 is 13.2 Å². The molecule has 1 aromatic heterocycles. The zero-order valence-corrected chi connectivity index (χ0v) is 11.0. The molecular weight excluding hydrogens is 279 g/mol. The summed E-state index contributed by atoms with van der Waals surface area (Å²) in [6.45, 7) is 0.356. The number of halogens is 3.